The molecular formula is C10H20N2O7S2. The molecule has 1 aromatic rings. The van der Waals surface area contributed by atoms with Gasteiger partial charge in [0.1, 0.15) is 0 Å². The normalized spacial score (nSPS) is 11.0. The second kappa shape index (κ2) is 8.92. The second-order valence-corrected chi connectivity index (χ2v) is 6.74. The number of nitrogens with one attached hydrogen (secondary N) is 1. The van der Waals surface area contributed by atoms with Gasteiger partial charge in [-0.1, -0.05) is 12.1 Å². The first-order valence-electron chi connectivity index (χ1n) is 5.38. The molecule has 0 spiro atoms. The van der Waals surface area contributed by atoms with Gasteiger partial charge in [-0.05, 0) is 30.5 Å². The van der Waals surface area contributed by atoms with Gasteiger partial charge in [0.25, 0.3) is 0 Å². The highest BCUT2D eigenvalue weighted by atomic mass is 32.3. The maximum absolute atomic E-state index is 10.8. The number of nitrogens with two attached hydrogens (primary N) is 1. The Morgan fingerprint density at radius 3 is 2.05 bits per heavy atom. The lowest BCUT2D eigenvalue weighted by Gasteiger charge is -2.09. The quantitative estimate of drug-likeness (QED) is 0.407. The number of anilines is 1. The van der Waals surface area contributed by atoms with Gasteiger partial charge in [-0.25, -0.2) is 13.1 Å². The van der Waals surface area contributed by atoms with Crippen LogP contribution in [-0.4, -0.2) is 44.2 Å². The zero-order valence-corrected chi connectivity index (χ0v) is 13.2. The smallest absolute Gasteiger partial charge is 0.394 e. The van der Waals surface area contributed by atoms with Gasteiger partial charge in [-0.2, -0.15) is 8.42 Å². The molecule has 1 aromatic carbocycles. The summed E-state index contributed by atoms with van der Waals surface area (Å²) in [4.78, 5) is 0. The molecule has 0 saturated heterocycles. The molecule has 0 heterocycles. The van der Waals surface area contributed by atoms with Gasteiger partial charge < -0.3 is 11.2 Å². The minimum Gasteiger partial charge on any atom is -0.412 e. The lowest BCUT2D eigenvalue weighted by atomic mass is 10.0. The number of benzene rings is 1. The molecule has 0 amide bonds. The fraction of sp³-hybridized carbons (Fsp3) is 0.400. The van der Waals surface area contributed by atoms with Crippen molar-refractivity contribution in [3.63, 3.8) is 0 Å². The van der Waals surface area contributed by atoms with Crippen molar-refractivity contribution in [3.05, 3.63) is 29.3 Å². The summed E-state index contributed by atoms with van der Waals surface area (Å²) >= 11 is 0. The summed E-state index contributed by atoms with van der Waals surface area (Å²) in [6.45, 7) is 2.35. The minimum atomic E-state index is -4.67. The van der Waals surface area contributed by atoms with Crippen LogP contribution in [0.25, 0.3) is 0 Å². The van der Waals surface area contributed by atoms with Crippen molar-refractivity contribution < 1.29 is 31.4 Å². The van der Waals surface area contributed by atoms with Crippen molar-refractivity contribution in [2.75, 3.05) is 18.5 Å². The highest BCUT2D eigenvalue weighted by Crippen LogP contribution is 2.16. The highest BCUT2D eigenvalue weighted by molar-refractivity contribution is 7.88. The summed E-state index contributed by atoms with van der Waals surface area (Å²) in [5.41, 5.74) is 8.60. The molecule has 0 atom stereocenters. The van der Waals surface area contributed by atoms with Gasteiger partial charge in [-0.3, -0.25) is 9.11 Å². The van der Waals surface area contributed by atoms with E-state index in [9.17, 15) is 8.42 Å². The van der Waals surface area contributed by atoms with E-state index in [-0.39, 0.29) is 5.48 Å². The molecule has 0 aromatic heterocycles. The van der Waals surface area contributed by atoms with E-state index in [4.69, 9.17) is 23.3 Å². The molecule has 0 unspecified atom stereocenters. The first-order valence-corrected chi connectivity index (χ1v) is 8.67. The van der Waals surface area contributed by atoms with Crippen LogP contribution >= 0.6 is 0 Å². The summed E-state index contributed by atoms with van der Waals surface area (Å²) in [6.07, 6.45) is 1.76. The topological polar surface area (TPSA) is 178 Å². The van der Waals surface area contributed by atoms with E-state index in [0.717, 1.165) is 17.4 Å². The molecule has 0 radical (unpaired) electrons. The molecular weight excluding hydrogens is 324 g/mol. The van der Waals surface area contributed by atoms with Crippen molar-refractivity contribution in [2.24, 2.45) is 0 Å². The fourth-order valence-corrected chi connectivity index (χ4v) is 1.90. The summed E-state index contributed by atoms with van der Waals surface area (Å²) in [5.74, 6) is 0. The molecule has 21 heavy (non-hydrogen) atoms. The van der Waals surface area contributed by atoms with Crippen LogP contribution in [0.5, 0.6) is 0 Å². The van der Waals surface area contributed by atoms with Crippen LogP contribution in [0.15, 0.2) is 18.2 Å². The summed E-state index contributed by atoms with van der Waals surface area (Å²) in [5, 5.41) is 0. The van der Waals surface area contributed by atoms with Crippen LogP contribution in [0.3, 0.4) is 0 Å². The molecule has 0 bridgehead atoms. The predicted molar refractivity (Wildman–Crippen MR) is 79.9 cm³/mol. The van der Waals surface area contributed by atoms with E-state index in [0.29, 0.717) is 18.7 Å². The maximum Gasteiger partial charge on any atom is 0.394 e. The van der Waals surface area contributed by atoms with Crippen LogP contribution in [0.2, 0.25) is 0 Å². The van der Waals surface area contributed by atoms with Crippen molar-refractivity contribution >= 4 is 26.1 Å². The molecule has 124 valence electrons. The van der Waals surface area contributed by atoms with Crippen LogP contribution in [0, 0.1) is 6.92 Å². The van der Waals surface area contributed by atoms with Gasteiger partial charge in [-0.15, -0.1) is 0 Å². The summed E-state index contributed by atoms with van der Waals surface area (Å²) in [6, 6.07) is 5.67. The zero-order chi connectivity index (χ0) is 16.0. The average Bonchev–Trinajstić information content (AvgIpc) is 2.18. The first kappa shape index (κ1) is 22.0. The van der Waals surface area contributed by atoms with E-state index in [2.05, 4.69) is 4.72 Å². The largest absolute Gasteiger partial charge is 0.412 e. The van der Waals surface area contributed by atoms with E-state index in [1.54, 1.807) is 0 Å². The van der Waals surface area contributed by atoms with Gasteiger partial charge in [0.05, 0.1) is 6.26 Å². The van der Waals surface area contributed by atoms with Crippen molar-refractivity contribution in [1.29, 1.82) is 0 Å². The van der Waals surface area contributed by atoms with Crippen LogP contribution in [0.1, 0.15) is 11.1 Å². The van der Waals surface area contributed by atoms with Crippen LogP contribution in [-0.2, 0) is 26.8 Å². The first-order chi connectivity index (χ1) is 8.90. The van der Waals surface area contributed by atoms with Gasteiger partial charge in [0, 0.05) is 12.2 Å². The number of nitrogen functional groups attached to an aromatic ring is 1. The van der Waals surface area contributed by atoms with Gasteiger partial charge >= 0.3 is 10.4 Å². The third-order valence-corrected chi connectivity index (χ3v) is 2.91. The Morgan fingerprint density at radius 2 is 1.67 bits per heavy atom. The Balaban J connectivity index is 0. The molecule has 11 heteroatoms. The van der Waals surface area contributed by atoms with E-state index in [1.165, 1.54) is 0 Å². The van der Waals surface area contributed by atoms with Gasteiger partial charge in [0.2, 0.25) is 10.0 Å². The van der Waals surface area contributed by atoms with Crippen molar-refractivity contribution in [2.45, 2.75) is 13.3 Å². The molecule has 1 rings (SSSR count). The van der Waals surface area contributed by atoms with Crippen molar-refractivity contribution in [1.82, 2.24) is 4.72 Å². The van der Waals surface area contributed by atoms with E-state index in [1.807, 2.05) is 25.1 Å². The Kier molecular flexibility index (Phi) is 9.36. The Labute approximate surface area is 124 Å². The van der Waals surface area contributed by atoms with Crippen LogP contribution < -0.4 is 10.5 Å². The van der Waals surface area contributed by atoms with E-state index < -0.39 is 20.4 Å². The zero-order valence-electron chi connectivity index (χ0n) is 11.6. The third-order valence-electron chi connectivity index (χ3n) is 2.19. The molecule has 0 fully saturated rings. The Morgan fingerprint density at radius 1 is 1.19 bits per heavy atom. The second-order valence-electron chi connectivity index (χ2n) is 4.01. The van der Waals surface area contributed by atoms with Crippen LogP contribution in [0.4, 0.5) is 5.69 Å². The number of rotatable bonds is 4. The molecule has 9 nitrogen and oxygen atoms in total. The summed E-state index contributed by atoms with van der Waals surface area (Å²) < 4.78 is 55.7. The average molecular weight is 344 g/mol. The SMILES string of the molecule is Cc1cccc(N)c1CCNS(C)(=O)=O.O.O=S(=O)(O)O. The standard InChI is InChI=1S/C10H16N2O2S.H2O4S.H2O/c1-8-4-3-5-10(11)9(8)6-7-12-15(2,13)14;1-5(2,3)4;/h3-5,12H,6-7,11H2,1-2H3;(H2,1,2,3,4);1H2. The Hall–Kier alpha value is -1.24. The molecule has 0 saturated carbocycles. The number of aryl methyl sites for hydroxylation is 1. The third kappa shape index (κ3) is 13.5. The number of hydrogen-bond donors (Lipinski definition) is 4. The molecule has 0 aliphatic heterocycles. The van der Waals surface area contributed by atoms with Gasteiger partial charge in [0.15, 0.2) is 0 Å². The Bertz CT molecular complexity index is 613. The maximum atomic E-state index is 10.8. The fourth-order valence-electron chi connectivity index (χ4n) is 1.43. The van der Waals surface area contributed by atoms with E-state index >= 15 is 0 Å². The predicted octanol–water partition coefficient (Wildman–Crippen LogP) is -0.809. The lowest BCUT2D eigenvalue weighted by molar-refractivity contribution is 0.381. The number of sulfonamides is 1. The number of hydrogen-bond acceptors (Lipinski definition) is 5. The monoisotopic (exact) mass is 344 g/mol. The molecule has 0 aliphatic rings. The molecule has 7 N–H and O–H groups in total. The molecule has 0 aliphatic carbocycles. The lowest BCUT2D eigenvalue weighted by Crippen LogP contribution is -2.24. The minimum absolute atomic E-state index is 0. The van der Waals surface area contributed by atoms with Crippen molar-refractivity contribution in [3.8, 4) is 0 Å². The summed E-state index contributed by atoms with van der Waals surface area (Å²) in [7, 11) is -7.78. The highest BCUT2D eigenvalue weighted by Gasteiger charge is 2.04.